The van der Waals surface area contributed by atoms with Crippen LogP contribution in [0.5, 0.6) is 0 Å². The van der Waals surface area contributed by atoms with Crippen LogP contribution in [0, 0.1) is 11.3 Å². The van der Waals surface area contributed by atoms with Crippen molar-refractivity contribution in [1.82, 2.24) is 14.5 Å². The summed E-state index contributed by atoms with van der Waals surface area (Å²) in [4.78, 5) is 33.7. The molecule has 0 bridgehead atoms. The summed E-state index contributed by atoms with van der Waals surface area (Å²) in [7, 11) is 0. The molecule has 1 aliphatic rings. The van der Waals surface area contributed by atoms with Crippen LogP contribution in [0.25, 0.3) is 11.0 Å². The van der Waals surface area contributed by atoms with E-state index < -0.39 is 42.7 Å². The Morgan fingerprint density at radius 3 is 2.36 bits per heavy atom. The van der Waals surface area contributed by atoms with Crippen molar-refractivity contribution in [2.24, 2.45) is 0 Å². The fourth-order valence-corrected chi connectivity index (χ4v) is 5.16. The van der Waals surface area contributed by atoms with Crippen molar-refractivity contribution in [3.8, 4) is 6.07 Å². The van der Waals surface area contributed by atoms with Crippen LogP contribution in [0.4, 0.5) is 10.2 Å². The second-order valence-corrected chi connectivity index (χ2v) is 9.69. The van der Waals surface area contributed by atoms with E-state index in [1.807, 2.05) is 6.07 Å². The zero-order chi connectivity index (χ0) is 27.7. The van der Waals surface area contributed by atoms with Gasteiger partial charge >= 0.3 is 11.9 Å². The van der Waals surface area contributed by atoms with E-state index in [2.05, 4.69) is 25.9 Å². The Labute approximate surface area is 230 Å². The second kappa shape index (κ2) is 10.4. The van der Waals surface area contributed by atoms with Crippen LogP contribution in [0.15, 0.2) is 71.6 Å². The molecule has 2 N–H and O–H groups in total. The van der Waals surface area contributed by atoms with E-state index in [1.165, 1.54) is 30.0 Å². The molecule has 0 radical (unpaired) electrons. The third kappa shape index (κ3) is 4.71. The summed E-state index contributed by atoms with van der Waals surface area (Å²) in [6.45, 7) is 0.782. The lowest BCUT2D eigenvalue weighted by Gasteiger charge is -2.28. The number of anilines is 1. The van der Waals surface area contributed by atoms with Crippen LogP contribution in [0.3, 0.4) is 0 Å². The van der Waals surface area contributed by atoms with Gasteiger partial charge in [0.1, 0.15) is 41.2 Å². The number of ether oxygens (including phenoxy) is 3. The number of halogens is 2. The summed E-state index contributed by atoms with van der Waals surface area (Å²) in [5.41, 5.74) is 4.34. The van der Waals surface area contributed by atoms with E-state index in [0.717, 1.165) is 0 Å². The zero-order valence-electron chi connectivity index (χ0n) is 20.5. The minimum atomic E-state index is -2.38. The number of aromatic nitrogens is 3. The molecule has 10 nitrogen and oxygen atoms in total. The normalized spacial score (nSPS) is 22.4. The summed E-state index contributed by atoms with van der Waals surface area (Å²) < 4.78 is 35.4. The molecule has 1 saturated heterocycles. The van der Waals surface area contributed by atoms with Gasteiger partial charge in [0.15, 0.2) is 18.0 Å². The Bertz CT molecular complexity index is 1590. The molecule has 0 amide bonds. The summed E-state index contributed by atoms with van der Waals surface area (Å²) in [5.74, 6) is -1.42. The van der Waals surface area contributed by atoms with Gasteiger partial charge in [0.05, 0.1) is 22.1 Å². The molecule has 2 aromatic carbocycles. The number of alkyl halides is 1. The summed E-state index contributed by atoms with van der Waals surface area (Å²) >= 11 is 3.35. The molecule has 4 aromatic rings. The number of hydrogen-bond donors (Lipinski definition) is 1. The van der Waals surface area contributed by atoms with Crippen molar-refractivity contribution >= 4 is 44.7 Å². The Hall–Kier alpha value is -4.34. The molecule has 4 atom stereocenters. The molecule has 3 heterocycles. The van der Waals surface area contributed by atoms with Crippen LogP contribution in [-0.2, 0) is 14.2 Å². The first-order valence-corrected chi connectivity index (χ1v) is 12.6. The number of nitrogens with zero attached hydrogens (tertiary/aromatic N) is 4. The van der Waals surface area contributed by atoms with Crippen molar-refractivity contribution in [3.63, 3.8) is 0 Å². The Morgan fingerprint density at radius 2 is 1.74 bits per heavy atom. The molecule has 198 valence electrons. The van der Waals surface area contributed by atoms with Gasteiger partial charge in [-0.05, 0) is 47.1 Å². The molecular weight excluding hydrogens is 573 g/mol. The van der Waals surface area contributed by atoms with Crippen molar-refractivity contribution in [2.75, 3.05) is 12.3 Å². The SMILES string of the molecule is C[C@@]1(F)[C@H](OC(=O)c2ccccc2)C(COC(=O)c2ccccc2)O[C@@H]1n1c(Br)c(C#N)c2c(N)ncnc21. The second-order valence-electron chi connectivity index (χ2n) is 8.94. The number of benzene rings is 2. The average molecular weight is 594 g/mol. The van der Waals surface area contributed by atoms with Gasteiger partial charge in [0.25, 0.3) is 0 Å². The molecule has 5 rings (SSSR count). The van der Waals surface area contributed by atoms with Gasteiger partial charge in [-0.2, -0.15) is 5.26 Å². The van der Waals surface area contributed by atoms with Crippen molar-refractivity contribution in [1.29, 1.82) is 5.26 Å². The van der Waals surface area contributed by atoms with Gasteiger partial charge in [-0.15, -0.1) is 0 Å². The van der Waals surface area contributed by atoms with Gasteiger partial charge in [0.2, 0.25) is 0 Å². The summed E-state index contributed by atoms with van der Waals surface area (Å²) in [5, 5.41) is 9.98. The molecule has 0 spiro atoms. The maximum Gasteiger partial charge on any atom is 0.338 e. The number of nitrogens with two attached hydrogens (primary N) is 1. The average Bonchev–Trinajstić information content (AvgIpc) is 3.37. The predicted molar refractivity (Wildman–Crippen MR) is 140 cm³/mol. The van der Waals surface area contributed by atoms with Crippen LogP contribution >= 0.6 is 15.9 Å². The molecule has 0 aliphatic carbocycles. The first-order chi connectivity index (χ1) is 18.7. The number of nitrogen functional groups attached to an aromatic ring is 1. The number of carbonyl (C=O) groups is 2. The smallest absolute Gasteiger partial charge is 0.338 e. The molecule has 1 fully saturated rings. The Balaban J connectivity index is 1.53. The molecule has 2 aromatic heterocycles. The number of fused-ring (bicyclic) bond motifs is 1. The lowest BCUT2D eigenvalue weighted by atomic mass is 9.98. The van der Waals surface area contributed by atoms with Gasteiger partial charge in [-0.3, -0.25) is 4.57 Å². The lowest BCUT2D eigenvalue weighted by Crippen LogP contribution is -2.44. The maximum atomic E-state index is 16.8. The predicted octanol–water partition coefficient (Wildman–Crippen LogP) is 4.36. The van der Waals surface area contributed by atoms with Crippen LogP contribution in [0.1, 0.15) is 39.4 Å². The minimum absolute atomic E-state index is 0.0231. The molecule has 12 heteroatoms. The lowest BCUT2D eigenvalue weighted by molar-refractivity contribution is -0.0618. The molecule has 39 heavy (non-hydrogen) atoms. The monoisotopic (exact) mass is 593 g/mol. The van der Waals surface area contributed by atoms with E-state index in [4.69, 9.17) is 19.9 Å². The molecule has 0 saturated carbocycles. The highest BCUT2D eigenvalue weighted by Gasteiger charge is 2.59. The topological polar surface area (TPSA) is 142 Å². The Kier molecular flexibility index (Phi) is 7.03. The first-order valence-electron chi connectivity index (χ1n) is 11.8. The van der Waals surface area contributed by atoms with E-state index in [9.17, 15) is 14.9 Å². The highest BCUT2D eigenvalue weighted by Crippen LogP contribution is 2.47. The maximum absolute atomic E-state index is 16.8. The van der Waals surface area contributed by atoms with E-state index in [1.54, 1.807) is 48.5 Å². The van der Waals surface area contributed by atoms with E-state index >= 15 is 4.39 Å². The highest BCUT2D eigenvalue weighted by molar-refractivity contribution is 9.10. The standard InChI is InChI=1S/C27H21BrFN5O5/c1-27(29)20(39-25(36)16-10-6-3-7-11-16)18(13-37-24(35)15-8-4-2-5-9-15)38-26(27)34-21(28)17(12-30)19-22(31)32-14-33-23(19)34/h2-11,14,18,20,26H,13H2,1H3,(H2,31,32,33)/t18?,20-,26+,27-/m1/s1. The van der Waals surface area contributed by atoms with Crippen LogP contribution < -0.4 is 5.73 Å². The van der Waals surface area contributed by atoms with Gasteiger partial charge in [-0.25, -0.2) is 23.9 Å². The van der Waals surface area contributed by atoms with Crippen molar-refractivity contribution < 1.29 is 28.2 Å². The highest BCUT2D eigenvalue weighted by atomic mass is 79.9. The third-order valence-electron chi connectivity index (χ3n) is 6.41. The summed E-state index contributed by atoms with van der Waals surface area (Å²) in [6, 6.07) is 18.4. The fourth-order valence-electron chi connectivity index (χ4n) is 4.52. The van der Waals surface area contributed by atoms with E-state index in [0.29, 0.717) is 0 Å². The number of carbonyl (C=O) groups excluding carboxylic acids is 2. The van der Waals surface area contributed by atoms with Gasteiger partial charge in [0, 0.05) is 0 Å². The minimum Gasteiger partial charge on any atom is -0.459 e. The number of nitriles is 1. The zero-order valence-corrected chi connectivity index (χ0v) is 22.0. The third-order valence-corrected chi connectivity index (χ3v) is 7.19. The van der Waals surface area contributed by atoms with Crippen LogP contribution in [-0.4, -0.2) is 51.0 Å². The van der Waals surface area contributed by atoms with Crippen LogP contribution in [0.2, 0.25) is 0 Å². The summed E-state index contributed by atoms with van der Waals surface area (Å²) in [6.07, 6.45) is -3.00. The largest absolute Gasteiger partial charge is 0.459 e. The van der Waals surface area contributed by atoms with Gasteiger partial charge in [-0.1, -0.05) is 36.4 Å². The quantitative estimate of drug-likeness (QED) is 0.322. The first kappa shape index (κ1) is 26.3. The molecule has 1 aliphatic heterocycles. The van der Waals surface area contributed by atoms with Crippen molar-refractivity contribution in [3.05, 3.63) is 88.3 Å². The molecule has 1 unspecified atom stereocenters. The van der Waals surface area contributed by atoms with Gasteiger partial charge < -0.3 is 19.9 Å². The Morgan fingerprint density at radius 1 is 1.13 bits per heavy atom. The number of rotatable bonds is 6. The number of esters is 2. The van der Waals surface area contributed by atoms with E-state index in [-0.39, 0.29) is 38.1 Å². The molecular formula is C27H21BrFN5O5. The van der Waals surface area contributed by atoms with Crippen molar-refractivity contribution in [2.45, 2.75) is 31.0 Å². The number of hydrogen-bond acceptors (Lipinski definition) is 9. The fraction of sp³-hybridized carbons (Fsp3) is 0.222.